The van der Waals surface area contributed by atoms with Gasteiger partial charge in [-0.15, -0.1) is 0 Å². The minimum atomic E-state index is -1.07. The van der Waals surface area contributed by atoms with Crippen molar-refractivity contribution in [2.24, 2.45) is 11.8 Å². The number of aliphatic hydroxyl groups is 1. The number of nitrogens with one attached hydrogen (secondary N) is 2. The topological polar surface area (TPSA) is 111 Å². The Hall–Kier alpha value is -3.43. The smallest absolute Gasteiger partial charge is 0.250 e. The first-order valence-electron chi connectivity index (χ1n) is 16.0. The van der Waals surface area contributed by atoms with Gasteiger partial charge in [-0.3, -0.25) is 14.4 Å². The largest absolute Gasteiger partial charge is 0.396 e. The molecule has 5 atom stereocenters. The molecule has 2 bridgehead atoms. The van der Waals surface area contributed by atoms with Gasteiger partial charge in [0.15, 0.2) is 0 Å². The van der Waals surface area contributed by atoms with Crippen molar-refractivity contribution < 1.29 is 24.2 Å². The maximum atomic E-state index is 14.3. The van der Waals surface area contributed by atoms with Gasteiger partial charge in [0.25, 0.3) is 0 Å². The number of amides is 3. The summed E-state index contributed by atoms with van der Waals surface area (Å²) in [5.74, 6) is -2.12. The van der Waals surface area contributed by atoms with Crippen LogP contribution in [-0.4, -0.2) is 71.2 Å². The minimum Gasteiger partial charge on any atom is -0.396 e. The number of hydrogen-bond donors (Lipinski definition) is 3. The van der Waals surface area contributed by atoms with Crippen molar-refractivity contribution in [2.45, 2.75) is 83.0 Å². The van der Waals surface area contributed by atoms with Gasteiger partial charge in [0.1, 0.15) is 11.6 Å². The number of ether oxygens (including phenoxy) is 1. The molecular weight excluding hydrogens is 544 g/mol. The molecule has 3 heterocycles. The molecule has 43 heavy (non-hydrogen) atoms. The third-order valence-electron chi connectivity index (χ3n) is 9.82. The summed E-state index contributed by atoms with van der Waals surface area (Å²) in [6.45, 7) is 8.53. The predicted molar refractivity (Wildman–Crippen MR) is 168 cm³/mol. The predicted octanol–water partition coefficient (Wildman–Crippen LogP) is 4.82. The van der Waals surface area contributed by atoms with E-state index in [9.17, 15) is 19.5 Å². The molecule has 9 nitrogen and oxygen atoms in total. The van der Waals surface area contributed by atoms with Crippen LogP contribution in [0.3, 0.4) is 0 Å². The van der Waals surface area contributed by atoms with Gasteiger partial charge in [0.05, 0.1) is 17.4 Å². The molecule has 3 N–H and O–H groups in total. The number of nitrogens with zero attached hydrogens (tertiary/aromatic N) is 2. The van der Waals surface area contributed by atoms with Gasteiger partial charge in [-0.2, -0.15) is 0 Å². The number of unbranched alkanes of at least 4 members (excludes halogenated alkanes) is 3. The summed E-state index contributed by atoms with van der Waals surface area (Å²) in [6, 6.07) is 16.2. The molecule has 3 saturated heterocycles. The van der Waals surface area contributed by atoms with Gasteiger partial charge < -0.3 is 30.3 Å². The number of carbonyl (C=O) groups is 3. The van der Waals surface area contributed by atoms with Crippen molar-refractivity contribution in [1.29, 1.82) is 0 Å². The zero-order chi connectivity index (χ0) is 30.6. The summed E-state index contributed by atoms with van der Waals surface area (Å²) in [5, 5.41) is 15.3. The Bertz CT molecular complexity index is 1280. The first-order chi connectivity index (χ1) is 20.8. The molecule has 2 aromatic carbocycles. The van der Waals surface area contributed by atoms with Gasteiger partial charge in [-0.25, -0.2) is 0 Å². The summed E-state index contributed by atoms with van der Waals surface area (Å²) in [7, 11) is 0. The first-order valence-corrected chi connectivity index (χ1v) is 16.0. The Morgan fingerprint density at radius 1 is 0.907 bits per heavy atom. The molecule has 0 aromatic heterocycles. The van der Waals surface area contributed by atoms with Crippen molar-refractivity contribution in [3.05, 3.63) is 54.6 Å². The minimum absolute atomic E-state index is 0.136. The number of fused-ring (bicyclic) bond motifs is 1. The van der Waals surface area contributed by atoms with E-state index in [-0.39, 0.29) is 24.3 Å². The van der Waals surface area contributed by atoms with E-state index in [4.69, 9.17) is 4.74 Å². The van der Waals surface area contributed by atoms with Gasteiger partial charge in [-0.05, 0) is 82.3 Å². The Labute approximate surface area is 255 Å². The second kappa shape index (κ2) is 13.1. The molecule has 5 rings (SSSR count). The average Bonchev–Trinajstić information content (AvgIpc) is 3.62. The lowest BCUT2D eigenvalue weighted by atomic mass is 9.65. The fourth-order valence-corrected chi connectivity index (χ4v) is 7.70. The molecule has 1 spiro atoms. The summed E-state index contributed by atoms with van der Waals surface area (Å²) in [6.07, 6.45) is 4.84. The Balaban J connectivity index is 1.44. The van der Waals surface area contributed by atoms with Crippen molar-refractivity contribution in [3.8, 4) is 0 Å². The Morgan fingerprint density at radius 3 is 2.21 bits per heavy atom. The van der Waals surface area contributed by atoms with E-state index < -0.39 is 29.1 Å². The molecule has 3 aliphatic rings. The monoisotopic (exact) mass is 590 g/mol. The van der Waals surface area contributed by atoms with Crippen LogP contribution in [0.15, 0.2) is 54.6 Å². The summed E-state index contributed by atoms with van der Waals surface area (Å²) >= 11 is 0. The van der Waals surface area contributed by atoms with E-state index in [1.165, 1.54) is 0 Å². The number of aliphatic hydroxyl groups excluding tert-OH is 1. The Kier molecular flexibility index (Phi) is 9.42. The average molecular weight is 591 g/mol. The molecule has 9 heteroatoms. The van der Waals surface area contributed by atoms with Crippen LogP contribution >= 0.6 is 0 Å². The van der Waals surface area contributed by atoms with Gasteiger partial charge in [-0.1, -0.05) is 38.0 Å². The number of carbonyl (C=O) groups excluding carboxylic acids is 3. The van der Waals surface area contributed by atoms with Crippen LogP contribution < -0.4 is 15.5 Å². The molecular formula is C34H46N4O5. The lowest BCUT2D eigenvalue weighted by Gasteiger charge is -2.34. The van der Waals surface area contributed by atoms with Crippen LogP contribution in [0, 0.1) is 11.8 Å². The van der Waals surface area contributed by atoms with Crippen molar-refractivity contribution in [3.63, 3.8) is 0 Å². The highest BCUT2D eigenvalue weighted by molar-refractivity contribution is 6.05. The van der Waals surface area contributed by atoms with E-state index in [1.54, 1.807) is 4.90 Å². The third kappa shape index (κ3) is 5.65. The molecule has 3 aliphatic heterocycles. The normalized spacial score (nSPS) is 27.3. The second-order valence-corrected chi connectivity index (χ2v) is 12.1. The van der Waals surface area contributed by atoms with E-state index in [1.807, 2.05) is 61.5 Å². The summed E-state index contributed by atoms with van der Waals surface area (Å²) < 4.78 is 6.86. The number of anilines is 3. The van der Waals surface area contributed by atoms with E-state index in [0.29, 0.717) is 50.0 Å². The van der Waals surface area contributed by atoms with Gasteiger partial charge >= 0.3 is 0 Å². The molecule has 2 aromatic rings. The third-order valence-corrected chi connectivity index (χ3v) is 9.82. The number of para-hydroxylation sites is 1. The highest BCUT2D eigenvalue weighted by Gasteiger charge is 2.78. The van der Waals surface area contributed by atoms with Crippen LogP contribution in [0.1, 0.15) is 65.7 Å². The van der Waals surface area contributed by atoms with E-state index in [0.717, 1.165) is 31.6 Å². The van der Waals surface area contributed by atoms with Crippen LogP contribution in [0.2, 0.25) is 0 Å². The maximum absolute atomic E-state index is 14.3. The van der Waals surface area contributed by atoms with Gasteiger partial charge in [0.2, 0.25) is 17.7 Å². The molecule has 0 aliphatic carbocycles. The first kappa shape index (κ1) is 31.0. The lowest BCUT2D eigenvalue weighted by Crippen LogP contribution is -2.53. The van der Waals surface area contributed by atoms with Crippen LogP contribution in [-0.2, 0) is 19.1 Å². The number of likely N-dealkylation sites (tertiary alicyclic amines) is 1. The van der Waals surface area contributed by atoms with Crippen molar-refractivity contribution >= 4 is 34.8 Å². The van der Waals surface area contributed by atoms with Crippen molar-refractivity contribution in [1.82, 2.24) is 4.90 Å². The number of rotatable bonds is 14. The maximum Gasteiger partial charge on any atom is 0.250 e. The standard InChI is InChI=1S/C34H46N4O5/c1-4-33-20-21-34(43-33)28(27(33)30(40)35-24-14-10-9-11-15-24)32(42)38(22-12-7-8-13-23-39)29(34)31(41)36-25-16-18-26(19-17-25)37(5-2)6-3/h9-11,14-19,27-29,39H,4-8,12-13,20-23H2,1-3H3,(H,35,40)(H,36,41)/t27-,28-,29?,33+,34?/m0/s1. The summed E-state index contributed by atoms with van der Waals surface area (Å²) in [4.78, 5) is 46.3. The van der Waals surface area contributed by atoms with E-state index in [2.05, 4.69) is 29.4 Å². The van der Waals surface area contributed by atoms with Crippen molar-refractivity contribution in [2.75, 3.05) is 41.8 Å². The molecule has 2 unspecified atom stereocenters. The molecule has 3 fully saturated rings. The van der Waals surface area contributed by atoms with E-state index >= 15 is 0 Å². The number of benzene rings is 2. The van der Waals surface area contributed by atoms with Crippen LogP contribution in [0.5, 0.6) is 0 Å². The SMILES string of the molecule is CCN(CC)c1ccc(NC(=O)C2N(CCCCCCO)C(=O)[C@@H]3[C@@H](C(=O)Nc4ccccc4)[C@@]4(CC)CCC23O4)cc1. The highest BCUT2D eigenvalue weighted by atomic mass is 16.5. The fraction of sp³-hybridized carbons (Fsp3) is 0.559. The quantitative estimate of drug-likeness (QED) is 0.272. The lowest BCUT2D eigenvalue weighted by molar-refractivity contribution is -0.144. The number of hydrogen-bond acceptors (Lipinski definition) is 6. The zero-order valence-electron chi connectivity index (χ0n) is 25.7. The zero-order valence-corrected chi connectivity index (χ0v) is 25.7. The van der Waals surface area contributed by atoms with Crippen LogP contribution in [0.4, 0.5) is 17.1 Å². The van der Waals surface area contributed by atoms with Gasteiger partial charge in [0, 0.05) is 43.3 Å². The summed E-state index contributed by atoms with van der Waals surface area (Å²) in [5.41, 5.74) is 0.548. The second-order valence-electron chi connectivity index (χ2n) is 12.1. The highest BCUT2D eigenvalue weighted by Crippen LogP contribution is 2.64. The molecule has 3 amide bonds. The molecule has 0 radical (unpaired) electrons. The molecule has 0 saturated carbocycles. The Morgan fingerprint density at radius 2 is 1.56 bits per heavy atom. The fourth-order valence-electron chi connectivity index (χ4n) is 7.70. The molecule has 232 valence electrons. The van der Waals surface area contributed by atoms with Crippen LogP contribution in [0.25, 0.3) is 0 Å².